The summed E-state index contributed by atoms with van der Waals surface area (Å²) in [6.07, 6.45) is 0.382. The van der Waals surface area contributed by atoms with Crippen LogP contribution in [0.1, 0.15) is 54.6 Å². The molecule has 1 aliphatic rings. The van der Waals surface area contributed by atoms with Gasteiger partial charge in [-0.25, -0.2) is 4.98 Å². The first kappa shape index (κ1) is 27.2. The minimum atomic E-state index is -0.917. The second-order valence-electron chi connectivity index (χ2n) is 10.7. The second kappa shape index (κ2) is 11.0. The van der Waals surface area contributed by atoms with Gasteiger partial charge in [0.15, 0.2) is 0 Å². The van der Waals surface area contributed by atoms with Crippen LogP contribution in [0.4, 0.5) is 5.82 Å². The number of nitrogens with one attached hydrogen (secondary N) is 1. The molecule has 0 aliphatic carbocycles. The van der Waals surface area contributed by atoms with Crippen molar-refractivity contribution in [1.82, 2.24) is 4.98 Å². The largest absolute Gasteiger partial charge is 0.493 e. The normalized spacial score (nSPS) is 14.6. The summed E-state index contributed by atoms with van der Waals surface area (Å²) >= 11 is 6.39. The molecule has 2 heterocycles. The molecule has 0 saturated heterocycles. The third-order valence-corrected chi connectivity index (χ3v) is 7.08. The summed E-state index contributed by atoms with van der Waals surface area (Å²) in [5, 5.41) is 12.6. The van der Waals surface area contributed by atoms with Crippen LogP contribution in [-0.2, 0) is 10.2 Å². The SMILES string of the molecule is CC(C)(C)c1ccc(-c2cccc(NC(=O)c3ccc(Oc4cc5c(cc4Cl)C(C(=O)O)CCO5)cc3)n2)cc1. The van der Waals surface area contributed by atoms with Crippen molar-refractivity contribution in [3.8, 4) is 28.5 Å². The lowest BCUT2D eigenvalue weighted by atomic mass is 9.86. The summed E-state index contributed by atoms with van der Waals surface area (Å²) in [7, 11) is 0. The lowest BCUT2D eigenvalue weighted by molar-refractivity contribution is -0.139. The summed E-state index contributed by atoms with van der Waals surface area (Å²) in [5.41, 5.74) is 4.00. The number of fused-ring (bicyclic) bond motifs is 1. The Morgan fingerprint density at radius 1 is 1.02 bits per heavy atom. The fraction of sp³-hybridized carbons (Fsp3) is 0.219. The van der Waals surface area contributed by atoms with Crippen molar-refractivity contribution < 1.29 is 24.2 Å². The number of carboxylic acids is 1. The molecule has 1 atom stereocenters. The molecule has 8 heteroatoms. The van der Waals surface area contributed by atoms with Gasteiger partial charge >= 0.3 is 5.97 Å². The fourth-order valence-electron chi connectivity index (χ4n) is 4.52. The molecular weight excluding hydrogens is 528 g/mol. The molecule has 2 N–H and O–H groups in total. The molecule has 0 fully saturated rings. The molecule has 204 valence electrons. The van der Waals surface area contributed by atoms with Gasteiger partial charge in [-0.15, -0.1) is 0 Å². The first-order chi connectivity index (χ1) is 19.1. The van der Waals surface area contributed by atoms with E-state index in [2.05, 4.69) is 43.2 Å². The average molecular weight is 557 g/mol. The third kappa shape index (κ3) is 5.95. The topological polar surface area (TPSA) is 97.8 Å². The number of nitrogens with zero attached hydrogens (tertiary/aromatic N) is 1. The number of hydrogen-bond acceptors (Lipinski definition) is 5. The highest BCUT2D eigenvalue weighted by Crippen LogP contribution is 2.42. The van der Waals surface area contributed by atoms with Crippen LogP contribution in [-0.4, -0.2) is 28.6 Å². The van der Waals surface area contributed by atoms with Crippen LogP contribution in [0.15, 0.2) is 78.9 Å². The van der Waals surface area contributed by atoms with E-state index in [-0.39, 0.29) is 16.3 Å². The number of rotatable bonds is 6. The summed E-state index contributed by atoms with van der Waals surface area (Å²) in [6.45, 7) is 6.82. The molecule has 1 aliphatic heterocycles. The van der Waals surface area contributed by atoms with Crippen molar-refractivity contribution in [3.05, 3.63) is 101 Å². The van der Waals surface area contributed by atoms with E-state index in [1.165, 1.54) is 5.56 Å². The van der Waals surface area contributed by atoms with Crippen LogP contribution in [0.5, 0.6) is 17.2 Å². The third-order valence-electron chi connectivity index (χ3n) is 6.78. The molecule has 40 heavy (non-hydrogen) atoms. The van der Waals surface area contributed by atoms with Gasteiger partial charge in [-0.05, 0) is 59.9 Å². The van der Waals surface area contributed by atoms with Gasteiger partial charge < -0.3 is 19.9 Å². The van der Waals surface area contributed by atoms with Crippen LogP contribution < -0.4 is 14.8 Å². The molecule has 0 radical (unpaired) electrons. The highest BCUT2D eigenvalue weighted by Gasteiger charge is 2.29. The first-order valence-corrected chi connectivity index (χ1v) is 13.3. The number of hydrogen-bond donors (Lipinski definition) is 2. The average Bonchev–Trinajstić information content (AvgIpc) is 2.93. The molecule has 0 spiro atoms. The number of benzene rings is 3. The van der Waals surface area contributed by atoms with E-state index in [0.717, 1.165) is 11.3 Å². The molecule has 3 aromatic carbocycles. The van der Waals surface area contributed by atoms with Gasteiger partial charge in [-0.2, -0.15) is 0 Å². The zero-order chi connectivity index (χ0) is 28.4. The zero-order valence-electron chi connectivity index (χ0n) is 22.4. The maximum atomic E-state index is 12.9. The number of pyridine rings is 1. The van der Waals surface area contributed by atoms with Gasteiger partial charge in [0.2, 0.25) is 0 Å². The second-order valence-corrected chi connectivity index (χ2v) is 11.1. The minimum absolute atomic E-state index is 0.0647. The number of carboxylic acid groups (broad SMARTS) is 1. The van der Waals surface area contributed by atoms with E-state index in [9.17, 15) is 14.7 Å². The van der Waals surface area contributed by atoms with E-state index in [0.29, 0.717) is 47.2 Å². The number of amides is 1. The highest BCUT2D eigenvalue weighted by molar-refractivity contribution is 6.32. The summed E-state index contributed by atoms with van der Waals surface area (Å²) < 4.78 is 11.6. The lowest BCUT2D eigenvalue weighted by Crippen LogP contribution is -2.20. The van der Waals surface area contributed by atoms with E-state index in [1.807, 2.05) is 24.3 Å². The fourth-order valence-corrected chi connectivity index (χ4v) is 4.73. The maximum Gasteiger partial charge on any atom is 0.311 e. The molecule has 1 unspecified atom stereocenters. The number of halogens is 1. The van der Waals surface area contributed by atoms with Crippen molar-refractivity contribution in [2.45, 2.75) is 38.5 Å². The highest BCUT2D eigenvalue weighted by atomic mass is 35.5. The molecule has 0 bridgehead atoms. The van der Waals surface area contributed by atoms with Gasteiger partial charge in [-0.1, -0.05) is 62.7 Å². The Labute approximate surface area is 237 Å². The Kier molecular flexibility index (Phi) is 7.50. The Morgan fingerprint density at radius 3 is 2.42 bits per heavy atom. The molecule has 5 rings (SSSR count). The van der Waals surface area contributed by atoms with Gasteiger partial charge in [0, 0.05) is 22.8 Å². The van der Waals surface area contributed by atoms with Gasteiger partial charge in [0.25, 0.3) is 5.91 Å². The smallest absolute Gasteiger partial charge is 0.311 e. The number of aliphatic carboxylic acids is 1. The number of ether oxygens (including phenoxy) is 2. The maximum absolute atomic E-state index is 12.9. The van der Waals surface area contributed by atoms with Gasteiger partial charge in [-0.3, -0.25) is 9.59 Å². The van der Waals surface area contributed by atoms with Crippen molar-refractivity contribution in [1.29, 1.82) is 0 Å². The lowest BCUT2D eigenvalue weighted by Gasteiger charge is -2.24. The van der Waals surface area contributed by atoms with Gasteiger partial charge in [0.05, 0.1) is 23.2 Å². The van der Waals surface area contributed by atoms with E-state index < -0.39 is 11.9 Å². The quantitative estimate of drug-likeness (QED) is 0.252. The number of carbonyl (C=O) groups is 2. The Hall–Kier alpha value is -4.36. The Balaban J connectivity index is 1.27. The standard InChI is InChI=1S/C32H29ClN2O5/c1-32(2,3)21-11-7-19(8-12-21)26-5-4-6-29(34-26)35-30(36)20-9-13-22(14-10-20)40-28-18-27-24(17-25(28)33)23(31(37)38)15-16-39-27/h4-14,17-18,23H,15-16H2,1-3H3,(H,37,38)(H,34,35,36). The van der Waals surface area contributed by atoms with Crippen molar-refractivity contribution in [2.75, 3.05) is 11.9 Å². The monoisotopic (exact) mass is 556 g/mol. The van der Waals surface area contributed by atoms with E-state index in [4.69, 9.17) is 21.1 Å². The Morgan fingerprint density at radius 2 is 1.75 bits per heavy atom. The van der Waals surface area contributed by atoms with Crippen LogP contribution in [0, 0.1) is 0 Å². The van der Waals surface area contributed by atoms with E-state index >= 15 is 0 Å². The number of carbonyl (C=O) groups excluding carboxylic acids is 1. The predicted molar refractivity (Wildman–Crippen MR) is 155 cm³/mol. The minimum Gasteiger partial charge on any atom is -0.493 e. The molecular formula is C32H29ClN2O5. The Bertz CT molecular complexity index is 1560. The predicted octanol–water partition coefficient (Wildman–Crippen LogP) is 7.69. The molecule has 0 saturated carbocycles. The van der Waals surface area contributed by atoms with E-state index in [1.54, 1.807) is 42.5 Å². The summed E-state index contributed by atoms with van der Waals surface area (Å²) in [5.74, 6) is -0.212. The molecule has 7 nitrogen and oxygen atoms in total. The molecule has 4 aromatic rings. The van der Waals surface area contributed by atoms with Crippen molar-refractivity contribution in [2.24, 2.45) is 0 Å². The molecule has 1 amide bonds. The van der Waals surface area contributed by atoms with Crippen molar-refractivity contribution in [3.63, 3.8) is 0 Å². The number of anilines is 1. The van der Waals surface area contributed by atoms with Crippen LogP contribution in [0.3, 0.4) is 0 Å². The number of aromatic nitrogens is 1. The zero-order valence-corrected chi connectivity index (χ0v) is 23.2. The van der Waals surface area contributed by atoms with Crippen LogP contribution >= 0.6 is 11.6 Å². The van der Waals surface area contributed by atoms with Crippen LogP contribution in [0.25, 0.3) is 11.3 Å². The molecule has 1 aromatic heterocycles. The summed E-state index contributed by atoms with van der Waals surface area (Å²) in [4.78, 5) is 29.1. The van der Waals surface area contributed by atoms with Crippen molar-refractivity contribution >= 4 is 29.3 Å². The van der Waals surface area contributed by atoms with Crippen LogP contribution in [0.2, 0.25) is 5.02 Å². The van der Waals surface area contributed by atoms with Gasteiger partial charge in [0.1, 0.15) is 23.1 Å². The first-order valence-electron chi connectivity index (χ1n) is 12.9. The summed E-state index contributed by atoms with van der Waals surface area (Å²) in [6, 6.07) is 23.6.